The summed E-state index contributed by atoms with van der Waals surface area (Å²) in [4.78, 5) is 0. The van der Waals surface area contributed by atoms with Crippen LogP contribution in [-0.2, 0) is 0 Å². The van der Waals surface area contributed by atoms with Crippen LogP contribution in [0.5, 0.6) is 0 Å². The lowest BCUT2D eigenvalue weighted by atomic mass is 10.0. The van der Waals surface area contributed by atoms with Crippen molar-refractivity contribution < 1.29 is 4.66 Å². The van der Waals surface area contributed by atoms with Gasteiger partial charge in [0.1, 0.15) is 0 Å². The Morgan fingerprint density at radius 3 is 1.05 bits per heavy atom. The van der Waals surface area contributed by atoms with Crippen LogP contribution in [0.4, 0.5) is 0 Å². The first kappa shape index (κ1) is 22.8. The Labute approximate surface area is 137 Å². The van der Waals surface area contributed by atoms with Gasteiger partial charge in [-0.25, -0.2) is 0 Å². The predicted octanol–water partition coefficient (Wildman–Crippen LogP) is 5.47. The molecule has 0 fully saturated rings. The summed E-state index contributed by atoms with van der Waals surface area (Å²) in [6.07, 6.45) is 19.6. The quantitative estimate of drug-likeness (QED) is 0.276. The fourth-order valence-corrected chi connectivity index (χ4v) is 2.60. The Hall–Kier alpha value is 0.560. The summed E-state index contributed by atoms with van der Waals surface area (Å²) in [7, 11) is 0. The van der Waals surface area contributed by atoms with Gasteiger partial charge in [-0.1, -0.05) is 77.0 Å². The zero-order chi connectivity index (χ0) is 15.3. The van der Waals surface area contributed by atoms with E-state index in [1.54, 1.807) is 0 Å². The summed E-state index contributed by atoms with van der Waals surface area (Å²) >= 11 is 7.87. The predicted molar refractivity (Wildman–Crippen MR) is 95.6 cm³/mol. The molecule has 0 spiro atoms. The van der Waals surface area contributed by atoms with E-state index in [9.17, 15) is 0 Å². The molecule has 0 saturated carbocycles. The summed E-state index contributed by atoms with van der Waals surface area (Å²) in [5, 5.41) is 0. The minimum Gasteiger partial charge on any atom is -0.330 e. The van der Waals surface area contributed by atoms with Crippen molar-refractivity contribution in [2.24, 2.45) is 5.73 Å². The fourth-order valence-electron chi connectivity index (χ4n) is 2.38. The highest BCUT2D eigenvalue weighted by atomic mass is 35.5. The van der Waals surface area contributed by atoms with E-state index in [0.717, 1.165) is 12.3 Å². The molecule has 0 aliphatic carbocycles. The van der Waals surface area contributed by atoms with Gasteiger partial charge in [0, 0.05) is 0 Å². The van der Waals surface area contributed by atoms with Gasteiger partial charge in [-0.2, -0.15) is 12.6 Å². The molecule has 2 nitrogen and oxygen atoms in total. The molecule has 0 atom stereocenters. The SMILES string of the molecule is NCCCCCCCCCCCCCCCCS.OCl. The molecule has 0 saturated heterocycles. The van der Waals surface area contributed by atoms with E-state index in [-0.39, 0.29) is 0 Å². The van der Waals surface area contributed by atoms with Crippen LogP contribution in [-0.4, -0.2) is 17.0 Å². The number of nitrogens with two attached hydrogens (primary N) is 1. The first-order valence-electron chi connectivity index (χ1n) is 8.39. The molecular formula is C16H36ClNOS. The Bertz CT molecular complexity index is 134. The van der Waals surface area contributed by atoms with Gasteiger partial charge in [0.05, 0.1) is 11.9 Å². The van der Waals surface area contributed by atoms with Gasteiger partial charge in [0.25, 0.3) is 0 Å². The van der Waals surface area contributed by atoms with Crippen molar-refractivity contribution in [1.29, 1.82) is 0 Å². The van der Waals surface area contributed by atoms with E-state index in [4.69, 9.17) is 10.4 Å². The highest BCUT2D eigenvalue weighted by molar-refractivity contribution is 7.80. The van der Waals surface area contributed by atoms with E-state index >= 15 is 0 Å². The maximum Gasteiger partial charge on any atom is 0.0579 e. The van der Waals surface area contributed by atoms with Crippen LogP contribution in [0.15, 0.2) is 0 Å². The minimum absolute atomic E-state index is 0.869. The molecule has 0 heterocycles. The zero-order valence-electron chi connectivity index (χ0n) is 13.2. The summed E-state index contributed by atoms with van der Waals surface area (Å²) in [6.45, 7) is 0.869. The average molecular weight is 326 g/mol. The van der Waals surface area contributed by atoms with Crippen LogP contribution >= 0.6 is 24.5 Å². The molecule has 0 aromatic heterocycles. The molecule has 20 heavy (non-hydrogen) atoms. The Balaban J connectivity index is 0. The van der Waals surface area contributed by atoms with Crippen LogP contribution < -0.4 is 5.73 Å². The van der Waals surface area contributed by atoms with Gasteiger partial charge < -0.3 is 5.73 Å². The molecule has 0 amide bonds. The van der Waals surface area contributed by atoms with Gasteiger partial charge in [-0.3, -0.25) is 4.66 Å². The maximum atomic E-state index is 6.47. The molecule has 0 aromatic carbocycles. The van der Waals surface area contributed by atoms with E-state index in [2.05, 4.69) is 24.5 Å². The molecule has 0 bridgehead atoms. The minimum atomic E-state index is 0.869. The van der Waals surface area contributed by atoms with Crippen LogP contribution in [0.3, 0.4) is 0 Å². The summed E-state index contributed by atoms with van der Waals surface area (Å²) in [5.74, 6) is 1.06. The Morgan fingerprint density at radius 2 is 0.800 bits per heavy atom. The van der Waals surface area contributed by atoms with Crippen molar-refractivity contribution in [3.63, 3.8) is 0 Å². The Kier molecular flexibility index (Phi) is 28.1. The number of hydrogen-bond donors (Lipinski definition) is 3. The lowest BCUT2D eigenvalue weighted by Gasteiger charge is -2.02. The summed E-state index contributed by atoms with van der Waals surface area (Å²) < 4.78 is 6.47. The smallest absolute Gasteiger partial charge is 0.0579 e. The van der Waals surface area contributed by atoms with Crippen molar-refractivity contribution in [3.8, 4) is 0 Å². The van der Waals surface area contributed by atoms with E-state index in [1.807, 2.05) is 0 Å². The molecule has 0 aliphatic heterocycles. The number of unbranched alkanes of at least 4 members (excludes halogenated alkanes) is 13. The van der Waals surface area contributed by atoms with Crippen LogP contribution in [0.25, 0.3) is 0 Å². The first-order valence-corrected chi connectivity index (χ1v) is 9.36. The van der Waals surface area contributed by atoms with Gasteiger partial charge in [-0.05, 0) is 25.1 Å². The Morgan fingerprint density at radius 1 is 0.550 bits per heavy atom. The van der Waals surface area contributed by atoms with Crippen molar-refractivity contribution in [1.82, 2.24) is 0 Å². The van der Waals surface area contributed by atoms with Crippen molar-refractivity contribution in [3.05, 3.63) is 0 Å². The van der Waals surface area contributed by atoms with E-state index in [1.165, 1.54) is 89.9 Å². The molecule has 124 valence electrons. The lowest BCUT2D eigenvalue weighted by molar-refractivity contribution is 0.537. The van der Waals surface area contributed by atoms with E-state index < -0.39 is 0 Å². The summed E-state index contributed by atoms with van der Waals surface area (Å²) in [5.41, 5.74) is 5.47. The van der Waals surface area contributed by atoms with Gasteiger partial charge in [-0.15, -0.1) is 0 Å². The molecule has 3 N–H and O–H groups in total. The van der Waals surface area contributed by atoms with Gasteiger partial charge in [0.15, 0.2) is 0 Å². The lowest BCUT2D eigenvalue weighted by Crippen LogP contribution is -1.97. The third-order valence-electron chi connectivity index (χ3n) is 3.61. The molecule has 0 radical (unpaired) electrons. The standard InChI is InChI=1S/C16H35NS.ClHO/c17-15-13-11-9-7-5-3-1-2-4-6-8-10-12-14-16-18;1-2/h18H,1-17H2;2H. The van der Waals surface area contributed by atoms with Gasteiger partial charge >= 0.3 is 0 Å². The molecular weight excluding hydrogens is 290 g/mol. The van der Waals surface area contributed by atoms with Crippen molar-refractivity contribution in [2.75, 3.05) is 12.3 Å². The number of hydrogen-bond acceptors (Lipinski definition) is 3. The normalized spacial score (nSPS) is 10.2. The van der Waals surface area contributed by atoms with E-state index in [0.29, 0.717) is 0 Å². The fraction of sp³-hybridized carbons (Fsp3) is 1.00. The first-order chi connectivity index (χ1) is 9.91. The monoisotopic (exact) mass is 325 g/mol. The molecule has 0 unspecified atom stereocenters. The van der Waals surface area contributed by atoms with Crippen molar-refractivity contribution >= 4 is 24.5 Å². The second-order valence-electron chi connectivity index (χ2n) is 5.46. The zero-order valence-corrected chi connectivity index (χ0v) is 14.8. The summed E-state index contributed by atoms with van der Waals surface area (Å²) in [6, 6.07) is 0. The number of rotatable bonds is 15. The topological polar surface area (TPSA) is 46.2 Å². The largest absolute Gasteiger partial charge is 0.330 e. The number of halogens is 1. The van der Waals surface area contributed by atoms with Gasteiger partial charge in [0.2, 0.25) is 0 Å². The molecule has 4 heteroatoms. The highest BCUT2D eigenvalue weighted by Crippen LogP contribution is 2.12. The average Bonchev–Trinajstić information content (AvgIpc) is 2.50. The van der Waals surface area contributed by atoms with Crippen LogP contribution in [0.1, 0.15) is 89.9 Å². The molecule has 0 aromatic rings. The highest BCUT2D eigenvalue weighted by Gasteiger charge is 1.93. The third-order valence-corrected chi connectivity index (χ3v) is 3.93. The van der Waals surface area contributed by atoms with Crippen LogP contribution in [0.2, 0.25) is 0 Å². The van der Waals surface area contributed by atoms with Crippen LogP contribution in [0, 0.1) is 0 Å². The second kappa shape index (κ2) is 24.6. The van der Waals surface area contributed by atoms with Crippen molar-refractivity contribution in [2.45, 2.75) is 89.9 Å². The maximum absolute atomic E-state index is 6.47. The molecule has 0 aliphatic rings. The molecule has 0 rings (SSSR count). The second-order valence-corrected chi connectivity index (χ2v) is 5.91. The number of thiol groups is 1. The third kappa shape index (κ3) is 23.6.